The molecule has 7 heteroatoms. The number of amides is 3. The van der Waals surface area contributed by atoms with Crippen LogP contribution < -0.4 is 5.73 Å². The van der Waals surface area contributed by atoms with Crippen LogP contribution in [0.25, 0.3) is 0 Å². The van der Waals surface area contributed by atoms with E-state index < -0.39 is 26.0 Å². The van der Waals surface area contributed by atoms with E-state index in [0.717, 1.165) is 0 Å². The number of hydrogen-bond donors (Lipinski definition) is 1. The lowest BCUT2D eigenvalue weighted by Crippen LogP contribution is -2.36. The Hall–Kier alpha value is -2.59. The fraction of sp³-hybridized carbons (Fsp3) is 0.312. The van der Waals surface area contributed by atoms with Crippen molar-refractivity contribution in [3.8, 4) is 11.5 Å². The molecule has 0 spiro atoms. The van der Waals surface area contributed by atoms with Gasteiger partial charge in [0, 0.05) is 11.3 Å². The van der Waals surface area contributed by atoms with Crippen LogP contribution in [-0.2, 0) is 4.74 Å². The first-order valence-corrected chi connectivity index (χ1v) is 10.7. The van der Waals surface area contributed by atoms with Crippen molar-refractivity contribution in [1.82, 2.24) is 4.90 Å². The molecule has 0 bridgehead atoms. The van der Waals surface area contributed by atoms with Gasteiger partial charge in [-0.2, -0.15) is 4.90 Å². The molecule has 1 aliphatic heterocycles. The molecule has 1 heterocycles. The van der Waals surface area contributed by atoms with Gasteiger partial charge in [-0.15, -0.1) is 5.54 Å². The van der Waals surface area contributed by atoms with Gasteiger partial charge in [0.25, 0.3) is 11.8 Å². The molecule has 0 radical (unpaired) electrons. The number of hydrogen-bond acceptors (Lipinski definition) is 5. The third-order valence-corrected chi connectivity index (χ3v) is 3.95. The molecule has 0 atom stereocenters. The van der Waals surface area contributed by atoms with Gasteiger partial charge in [-0.3, -0.25) is 9.59 Å². The van der Waals surface area contributed by atoms with E-state index in [1.54, 1.807) is 6.92 Å². The zero-order valence-electron chi connectivity index (χ0n) is 13.5. The van der Waals surface area contributed by atoms with E-state index in [9.17, 15) is 14.4 Å². The van der Waals surface area contributed by atoms with Gasteiger partial charge in [0.05, 0.1) is 17.7 Å². The van der Waals surface area contributed by atoms with E-state index in [1.165, 1.54) is 12.1 Å². The quantitative estimate of drug-likeness (QED) is 0.369. The number of ether oxygens (including phenoxy) is 1. The first kappa shape index (κ1) is 16.8. The molecule has 0 unspecified atom stereocenters. The third-order valence-electron chi connectivity index (χ3n) is 3.08. The molecular formula is C16H18N2O4Si. The summed E-state index contributed by atoms with van der Waals surface area (Å²) in [6.45, 7) is 7.92. The highest BCUT2D eigenvalue weighted by atomic mass is 28.3. The van der Waals surface area contributed by atoms with Crippen LogP contribution in [0.5, 0.6) is 0 Å². The predicted octanol–water partition coefficient (Wildman–Crippen LogP) is 2.25. The number of imide groups is 3. The fourth-order valence-electron chi connectivity index (χ4n) is 2.02. The fourth-order valence-corrected chi connectivity index (χ4v) is 2.53. The highest BCUT2D eigenvalue weighted by molar-refractivity contribution is 6.83. The summed E-state index contributed by atoms with van der Waals surface area (Å²) in [6.07, 6.45) is -0.980. The molecule has 1 aliphatic rings. The minimum absolute atomic E-state index is 0.0707. The Morgan fingerprint density at radius 2 is 1.78 bits per heavy atom. The molecular weight excluding hydrogens is 312 g/mol. The van der Waals surface area contributed by atoms with Crippen molar-refractivity contribution >= 4 is 31.7 Å². The lowest BCUT2D eigenvalue weighted by Gasteiger charge is -2.10. The molecule has 0 fully saturated rings. The summed E-state index contributed by atoms with van der Waals surface area (Å²) in [5.41, 5.74) is 10.1. The Kier molecular flexibility index (Phi) is 4.30. The van der Waals surface area contributed by atoms with Crippen LogP contribution in [0.3, 0.4) is 0 Å². The number of rotatable bonds is 1. The normalized spacial score (nSPS) is 13.5. The SMILES string of the molecule is CCOC(=O)N1C(=O)c2cc(N)c(C#C[Si](C)(C)C)cc2C1=O. The first-order chi connectivity index (χ1) is 10.7. The van der Waals surface area contributed by atoms with Gasteiger partial charge >= 0.3 is 6.09 Å². The second-order valence-corrected chi connectivity index (χ2v) is 10.9. The molecule has 3 amide bonds. The van der Waals surface area contributed by atoms with E-state index in [2.05, 4.69) is 31.1 Å². The van der Waals surface area contributed by atoms with E-state index in [0.29, 0.717) is 16.2 Å². The number of anilines is 1. The smallest absolute Gasteiger partial charge is 0.424 e. The summed E-state index contributed by atoms with van der Waals surface area (Å²) in [7, 11) is -1.61. The van der Waals surface area contributed by atoms with Crippen molar-refractivity contribution in [2.45, 2.75) is 26.6 Å². The van der Waals surface area contributed by atoms with Gasteiger partial charge in [-0.25, -0.2) is 4.79 Å². The van der Waals surface area contributed by atoms with Crippen LogP contribution in [0.2, 0.25) is 19.6 Å². The second kappa shape index (κ2) is 5.89. The largest absolute Gasteiger partial charge is 0.449 e. The van der Waals surface area contributed by atoms with Gasteiger partial charge in [0.1, 0.15) is 8.07 Å². The van der Waals surface area contributed by atoms with Gasteiger partial charge in [0.15, 0.2) is 0 Å². The van der Waals surface area contributed by atoms with Crippen LogP contribution in [0.4, 0.5) is 10.5 Å². The van der Waals surface area contributed by atoms with Crippen molar-refractivity contribution in [1.29, 1.82) is 0 Å². The standard InChI is InChI=1S/C16H18N2O4Si/c1-5-22-16(21)18-14(19)11-8-10(6-7-23(2,3)4)13(17)9-12(11)15(18)20/h8-9H,5,17H2,1-4H3. The lowest BCUT2D eigenvalue weighted by molar-refractivity contribution is 0.0596. The van der Waals surface area contributed by atoms with Gasteiger partial charge in [-0.1, -0.05) is 25.6 Å². The van der Waals surface area contributed by atoms with Crippen molar-refractivity contribution in [2.24, 2.45) is 0 Å². The van der Waals surface area contributed by atoms with Gasteiger partial charge in [-0.05, 0) is 19.1 Å². The molecule has 0 saturated carbocycles. The van der Waals surface area contributed by atoms with Gasteiger partial charge in [0.2, 0.25) is 0 Å². The topological polar surface area (TPSA) is 89.7 Å². The Morgan fingerprint density at radius 1 is 1.22 bits per heavy atom. The van der Waals surface area contributed by atoms with E-state index in [1.807, 2.05) is 0 Å². The molecule has 0 saturated heterocycles. The van der Waals surface area contributed by atoms with Crippen LogP contribution >= 0.6 is 0 Å². The predicted molar refractivity (Wildman–Crippen MR) is 88.6 cm³/mol. The van der Waals surface area contributed by atoms with Crippen LogP contribution in [-0.4, -0.2) is 37.5 Å². The number of fused-ring (bicyclic) bond motifs is 1. The monoisotopic (exact) mass is 330 g/mol. The second-order valence-electron chi connectivity index (χ2n) is 6.13. The van der Waals surface area contributed by atoms with Crippen LogP contribution in [0.1, 0.15) is 33.2 Å². The maximum absolute atomic E-state index is 12.3. The summed E-state index contributed by atoms with van der Waals surface area (Å²) >= 11 is 0. The molecule has 0 aromatic heterocycles. The van der Waals surface area contributed by atoms with E-state index in [-0.39, 0.29) is 17.7 Å². The molecule has 1 aromatic carbocycles. The number of nitrogens with zero attached hydrogens (tertiary/aromatic N) is 1. The van der Waals surface area contributed by atoms with Gasteiger partial charge < -0.3 is 10.5 Å². The summed E-state index contributed by atoms with van der Waals surface area (Å²) in [6, 6.07) is 2.86. The van der Waals surface area contributed by atoms with Crippen LogP contribution in [0.15, 0.2) is 12.1 Å². The summed E-state index contributed by atoms with van der Waals surface area (Å²) in [5.74, 6) is 1.54. The molecule has 1 aromatic rings. The first-order valence-electron chi connectivity index (χ1n) is 7.18. The number of nitrogens with two attached hydrogens (primary N) is 1. The Morgan fingerprint density at radius 3 is 2.30 bits per heavy atom. The average Bonchev–Trinajstić information content (AvgIpc) is 2.67. The van der Waals surface area contributed by atoms with E-state index in [4.69, 9.17) is 10.5 Å². The zero-order valence-corrected chi connectivity index (χ0v) is 14.5. The number of nitrogen functional groups attached to an aromatic ring is 1. The minimum Gasteiger partial charge on any atom is -0.449 e. The van der Waals surface area contributed by atoms with Crippen molar-refractivity contribution in [3.05, 3.63) is 28.8 Å². The number of carbonyl (C=O) groups excluding carboxylic acids is 3. The summed E-state index contributed by atoms with van der Waals surface area (Å²) < 4.78 is 4.74. The third kappa shape index (κ3) is 3.27. The molecule has 0 aliphatic carbocycles. The maximum Gasteiger partial charge on any atom is 0.424 e. The molecule has 120 valence electrons. The summed E-state index contributed by atoms with van der Waals surface area (Å²) in [5, 5.41) is 0. The molecule has 23 heavy (non-hydrogen) atoms. The number of benzene rings is 1. The highest BCUT2D eigenvalue weighted by Crippen LogP contribution is 2.28. The Bertz CT molecular complexity index is 769. The van der Waals surface area contributed by atoms with E-state index >= 15 is 0 Å². The highest BCUT2D eigenvalue weighted by Gasteiger charge is 2.41. The lowest BCUT2D eigenvalue weighted by atomic mass is 10.0. The van der Waals surface area contributed by atoms with Crippen molar-refractivity contribution in [3.63, 3.8) is 0 Å². The molecule has 6 nitrogen and oxygen atoms in total. The summed E-state index contributed by atoms with van der Waals surface area (Å²) in [4.78, 5) is 36.8. The van der Waals surface area contributed by atoms with Crippen molar-refractivity contribution < 1.29 is 19.1 Å². The zero-order chi connectivity index (χ0) is 17.4. The maximum atomic E-state index is 12.3. The minimum atomic E-state index is -1.61. The Labute approximate surface area is 135 Å². The molecule has 2 N–H and O–H groups in total. The number of carbonyl (C=O) groups is 3. The molecule has 2 rings (SSSR count). The Balaban J connectivity index is 2.47. The van der Waals surface area contributed by atoms with Crippen molar-refractivity contribution in [2.75, 3.05) is 12.3 Å². The average molecular weight is 330 g/mol. The van der Waals surface area contributed by atoms with Crippen LogP contribution in [0, 0.1) is 11.5 Å².